The number of nitrogens with one attached hydrogen (secondary N) is 1. The van der Waals surface area contributed by atoms with E-state index in [9.17, 15) is 0 Å². The van der Waals surface area contributed by atoms with Crippen molar-refractivity contribution in [3.05, 3.63) is 69.2 Å². The number of hydrogen-bond donors (Lipinski definition) is 1. The third-order valence-corrected chi connectivity index (χ3v) is 4.75. The molecule has 0 saturated carbocycles. The Bertz CT molecular complexity index is 624. The van der Waals surface area contributed by atoms with Gasteiger partial charge in [-0.3, -0.25) is 0 Å². The molecule has 3 rings (SSSR count). The summed E-state index contributed by atoms with van der Waals surface area (Å²) in [5.41, 5.74) is 3.86. The molecule has 1 aliphatic rings. The van der Waals surface area contributed by atoms with Crippen molar-refractivity contribution in [1.29, 1.82) is 0 Å². The fourth-order valence-corrected chi connectivity index (χ4v) is 3.64. The highest BCUT2D eigenvalue weighted by Gasteiger charge is 2.28. The van der Waals surface area contributed by atoms with E-state index in [1.807, 2.05) is 25.2 Å². The molecule has 0 unspecified atom stereocenters. The molecule has 1 N–H and O–H groups in total. The van der Waals surface area contributed by atoms with Crippen LogP contribution in [0.3, 0.4) is 0 Å². The van der Waals surface area contributed by atoms with Gasteiger partial charge in [-0.2, -0.15) is 0 Å². The summed E-state index contributed by atoms with van der Waals surface area (Å²) in [5, 5.41) is 5.03. The minimum Gasteiger partial charge on any atom is -0.313 e. The van der Waals surface area contributed by atoms with Gasteiger partial charge in [0.1, 0.15) is 0 Å². The van der Waals surface area contributed by atoms with Crippen molar-refractivity contribution in [2.24, 2.45) is 0 Å². The number of halogens is 2. The van der Waals surface area contributed by atoms with Crippen LogP contribution in [0, 0.1) is 0 Å². The molecule has 0 radical (unpaired) electrons. The second-order valence-electron chi connectivity index (χ2n) is 5.27. The molecule has 0 heterocycles. The van der Waals surface area contributed by atoms with Gasteiger partial charge >= 0.3 is 0 Å². The predicted molar refractivity (Wildman–Crippen MR) is 85.8 cm³/mol. The Balaban J connectivity index is 2.10. The topological polar surface area (TPSA) is 12.0 Å². The molecule has 104 valence electrons. The van der Waals surface area contributed by atoms with Crippen LogP contribution in [0.4, 0.5) is 0 Å². The van der Waals surface area contributed by atoms with Crippen LogP contribution in [0.1, 0.15) is 41.5 Å². The van der Waals surface area contributed by atoms with Crippen LogP contribution in [-0.4, -0.2) is 7.05 Å². The van der Waals surface area contributed by atoms with Gasteiger partial charge in [-0.05, 0) is 54.8 Å². The molecule has 0 aromatic heterocycles. The highest BCUT2D eigenvalue weighted by atomic mass is 35.5. The Morgan fingerprint density at radius 1 is 0.950 bits per heavy atom. The van der Waals surface area contributed by atoms with Crippen LogP contribution in [0.15, 0.2) is 42.5 Å². The van der Waals surface area contributed by atoms with Crippen molar-refractivity contribution in [1.82, 2.24) is 5.32 Å². The van der Waals surface area contributed by atoms with Crippen LogP contribution in [-0.2, 0) is 0 Å². The SMILES string of the molecule is CN[C@H]1CC[C@H](c2ccccc2Cl)c2ccc(Cl)cc21. The molecule has 0 fully saturated rings. The second-order valence-corrected chi connectivity index (χ2v) is 6.11. The molecule has 20 heavy (non-hydrogen) atoms. The van der Waals surface area contributed by atoms with Crippen LogP contribution in [0.2, 0.25) is 10.0 Å². The van der Waals surface area contributed by atoms with E-state index in [-0.39, 0.29) is 0 Å². The summed E-state index contributed by atoms with van der Waals surface area (Å²) in [6, 6.07) is 14.7. The van der Waals surface area contributed by atoms with Gasteiger partial charge in [0.2, 0.25) is 0 Å². The Morgan fingerprint density at radius 2 is 1.75 bits per heavy atom. The third kappa shape index (κ3) is 2.46. The minimum atomic E-state index is 0.362. The van der Waals surface area contributed by atoms with E-state index in [4.69, 9.17) is 23.2 Å². The second kappa shape index (κ2) is 5.77. The standard InChI is InChI=1S/C17H17Cl2N/c1-20-17-9-8-12(14-4-2-3-5-16(14)19)13-7-6-11(18)10-15(13)17/h2-7,10,12,17,20H,8-9H2,1H3/t12-,17-/m0/s1. The monoisotopic (exact) mass is 305 g/mol. The Morgan fingerprint density at radius 3 is 2.50 bits per heavy atom. The predicted octanol–water partition coefficient (Wildman–Crippen LogP) is 5.18. The average molecular weight is 306 g/mol. The zero-order valence-corrected chi connectivity index (χ0v) is 12.9. The number of fused-ring (bicyclic) bond motifs is 1. The van der Waals surface area contributed by atoms with Crippen molar-refractivity contribution in [2.45, 2.75) is 24.8 Å². The minimum absolute atomic E-state index is 0.362. The third-order valence-electron chi connectivity index (χ3n) is 4.17. The molecule has 2 aromatic rings. The first-order chi connectivity index (χ1) is 9.70. The Hall–Kier alpha value is -1.02. The van der Waals surface area contributed by atoms with Gasteiger partial charge in [0.15, 0.2) is 0 Å². The summed E-state index contributed by atoms with van der Waals surface area (Å²) < 4.78 is 0. The maximum Gasteiger partial charge on any atom is 0.0444 e. The average Bonchev–Trinajstić information content (AvgIpc) is 2.46. The lowest BCUT2D eigenvalue weighted by Crippen LogP contribution is -2.24. The number of benzene rings is 2. The molecule has 1 nitrogen and oxygen atoms in total. The maximum atomic E-state index is 6.38. The molecule has 2 atom stereocenters. The van der Waals surface area contributed by atoms with Gasteiger partial charge in [0, 0.05) is 22.0 Å². The van der Waals surface area contributed by atoms with Gasteiger partial charge in [0.05, 0.1) is 0 Å². The van der Waals surface area contributed by atoms with E-state index in [1.54, 1.807) is 0 Å². The first-order valence-corrected chi connectivity index (χ1v) is 7.67. The van der Waals surface area contributed by atoms with E-state index in [1.165, 1.54) is 16.7 Å². The zero-order valence-electron chi connectivity index (χ0n) is 11.4. The summed E-state index contributed by atoms with van der Waals surface area (Å²) in [6.45, 7) is 0. The van der Waals surface area contributed by atoms with Gasteiger partial charge in [0.25, 0.3) is 0 Å². The summed E-state index contributed by atoms with van der Waals surface area (Å²) >= 11 is 12.6. The highest BCUT2D eigenvalue weighted by molar-refractivity contribution is 6.31. The van der Waals surface area contributed by atoms with E-state index < -0.39 is 0 Å². The summed E-state index contributed by atoms with van der Waals surface area (Å²) in [5.74, 6) is 0.362. The Kier molecular flexibility index (Phi) is 4.02. The van der Waals surface area contributed by atoms with Crippen molar-refractivity contribution < 1.29 is 0 Å². The molecule has 2 aromatic carbocycles. The molecule has 0 spiro atoms. The van der Waals surface area contributed by atoms with Gasteiger partial charge in [-0.25, -0.2) is 0 Å². The molecule has 0 bridgehead atoms. The summed E-state index contributed by atoms with van der Waals surface area (Å²) in [7, 11) is 2.01. The first kappa shape index (κ1) is 13.9. The molecule has 0 saturated heterocycles. The molecule has 0 amide bonds. The van der Waals surface area contributed by atoms with Crippen LogP contribution < -0.4 is 5.32 Å². The molecular formula is C17H17Cl2N. The van der Waals surface area contributed by atoms with E-state index in [0.717, 1.165) is 22.9 Å². The van der Waals surface area contributed by atoms with Crippen molar-refractivity contribution >= 4 is 23.2 Å². The lowest BCUT2D eigenvalue weighted by Gasteiger charge is -2.32. The molecule has 0 aliphatic heterocycles. The van der Waals surface area contributed by atoms with Crippen LogP contribution in [0.5, 0.6) is 0 Å². The van der Waals surface area contributed by atoms with E-state index in [0.29, 0.717) is 12.0 Å². The fraction of sp³-hybridized carbons (Fsp3) is 0.294. The summed E-state index contributed by atoms with van der Waals surface area (Å²) in [4.78, 5) is 0. The Labute approximate surface area is 129 Å². The molecular weight excluding hydrogens is 289 g/mol. The fourth-order valence-electron chi connectivity index (χ4n) is 3.19. The highest BCUT2D eigenvalue weighted by Crippen LogP contribution is 2.43. The van der Waals surface area contributed by atoms with Crippen LogP contribution in [0.25, 0.3) is 0 Å². The van der Waals surface area contributed by atoms with E-state index in [2.05, 4.69) is 29.6 Å². The molecule has 1 aliphatic carbocycles. The normalized spacial score (nSPS) is 21.6. The van der Waals surface area contributed by atoms with Gasteiger partial charge < -0.3 is 5.32 Å². The maximum absolute atomic E-state index is 6.38. The largest absolute Gasteiger partial charge is 0.313 e. The van der Waals surface area contributed by atoms with E-state index >= 15 is 0 Å². The smallest absolute Gasteiger partial charge is 0.0444 e. The number of hydrogen-bond acceptors (Lipinski definition) is 1. The van der Waals surface area contributed by atoms with Crippen LogP contribution >= 0.6 is 23.2 Å². The first-order valence-electron chi connectivity index (χ1n) is 6.91. The lowest BCUT2D eigenvalue weighted by atomic mass is 9.77. The molecule has 3 heteroatoms. The number of rotatable bonds is 2. The van der Waals surface area contributed by atoms with Crippen molar-refractivity contribution in [3.63, 3.8) is 0 Å². The van der Waals surface area contributed by atoms with Gasteiger partial charge in [-0.1, -0.05) is 47.5 Å². The van der Waals surface area contributed by atoms with Gasteiger partial charge in [-0.15, -0.1) is 0 Å². The zero-order chi connectivity index (χ0) is 14.1. The van der Waals surface area contributed by atoms with Crippen molar-refractivity contribution in [2.75, 3.05) is 7.05 Å². The quantitative estimate of drug-likeness (QED) is 0.806. The van der Waals surface area contributed by atoms with Crippen molar-refractivity contribution in [3.8, 4) is 0 Å². The lowest BCUT2D eigenvalue weighted by molar-refractivity contribution is 0.471. The summed E-state index contributed by atoms with van der Waals surface area (Å²) in [6.07, 6.45) is 2.20.